The van der Waals surface area contributed by atoms with Gasteiger partial charge in [-0.15, -0.1) is 0 Å². The van der Waals surface area contributed by atoms with E-state index in [1.165, 1.54) is 0 Å². The van der Waals surface area contributed by atoms with Gasteiger partial charge in [-0.1, -0.05) is 13.8 Å². The van der Waals surface area contributed by atoms with Gasteiger partial charge in [0.15, 0.2) is 0 Å². The third-order valence-corrected chi connectivity index (χ3v) is 3.53. The fraction of sp³-hybridized carbons (Fsp3) is 0.462. The first-order chi connectivity index (χ1) is 9.39. The maximum Gasteiger partial charge on any atom is 0.270 e. The number of hydrogen-bond donors (Lipinski definition) is 2. The second-order valence-corrected chi connectivity index (χ2v) is 4.57. The Balaban J connectivity index is 3.08. The molecule has 0 saturated heterocycles. The van der Waals surface area contributed by atoms with Crippen molar-refractivity contribution in [1.82, 2.24) is 5.32 Å². The number of nitro groups is 1. The zero-order valence-corrected chi connectivity index (χ0v) is 11.5. The van der Waals surface area contributed by atoms with E-state index in [2.05, 4.69) is 5.32 Å². The number of benzene rings is 1. The van der Waals surface area contributed by atoms with Gasteiger partial charge in [-0.05, 0) is 18.9 Å². The summed E-state index contributed by atoms with van der Waals surface area (Å²) in [7, 11) is 0. The molecule has 0 unspecified atom stereocenters. The summed E-state index contributed by atoms with van der Waals surface area (Å²) in [5.74, 6) is -1.49. The van der Waals surface area contributed by atoms with Crippen LogP contribution in [0, 0.1) is 15.9 Å². The topological polar surface area (TPSA) is 98.3 Å². The van der Waals surface area contributed by atoms with Gasteiger partial charge in [0, 0.05) is 18.7 Å². The predicted octanol–water partition coefficient (Wildman–Crippen LogP) is 1.98. The molecule has 0 aliphatic heterocycles. The molecule has 0 bridgehead atoms. The first-order valence-corrected chi connectivity index (χ1v) is 6.35. The van der Waals surface area contributed by atoms with Crippen LogP contribution in [0.5, 0.6) is 0 Å². The van der Waals surface area contributed by atoms with E-state index in [-0.39, 0.29) is 17.8 Å². The molecular weight excluding hydrogens is 265 g/mol. The highest BCUT2D eigenvalue weighted by Gasteiger charge is 2.28. The molecule has 1 rings (SSSR count). The number of nitrogens with two attached hydrogens (primary N) is 1. The summed E-state index contributed by atoms with van der Waals surface area (Å²) in [6.45, 7) is 3.93. The van der Waals surface area contributed by atoms with Crippen LogP contribution in [0.1, 0.15) is 37.0 Å². The van der Waals surface area contributed by atoms with Crippen molar-refractivity contribution in [3.63, 3.8) is 0 Å². The van der Waals surface area contributed by atoms with Crippen molar-refractivity contribution in [1.29, 1.82) is 0 Å². The van der Waals surface area contributed by atoms with Gasteiger partial charge in [0.2, 0.25) is 0 Å². The molecule has 0 fully saturated rings. The molecular formula is C13H18FN3O3. The smallest absolute Gasteiger partial charge is 0.270 e. The van der Waals surface area contributed by atoms with Crippen LogP contribution in [0.25, 0.3) is 0 Å². The van der Waals surface area contributed by atoms with Gasteiger partial charge in [0.05, 0.1) is 16.0 Å². The number of amides is 1. The van der Waals surface area contributed by atoms with Crippen LogP contribution in [0.2, 0.25) is 0 Å². The van der Waals surface area contributed by atoms with E-state index in [0.29, 0.717) is 12.8 Å². The molecule has 1 aromatic rings. The lowest BCUT2D eigenvalue weighted by atomic mass is 9.92. The lowest BCUT2D eigenvalue weighted by molar-refractivity contribution is -0.384. The highest BCUT2D eigenvalue weighted by molar-refractivity contribution is 5.95. The Morgan fingerprint density at radius 1 is 1.45 bits per heavy atom. The van der Waals surface area contributed by atoms with Crippen molar-refractivity contribution in [3.8, 4) is 0 Å². The quantitative estimate of drug-likeness (QED) is 0.616. The fourth-order valence-corrected chi connectivity index (χ4v) is 1.88. The molecule has 7 heteroatoms. The Kier molecular flexibility index (Phi) is 5.15. The van der Waals surface area contributed by atoms with Crippen LogP contribution in [0.15, 0.2) is 18.2 Å². The molecule has 110 valence electrons. The number of carbonyl (C=O) groups excluding carboxylic acids is 1. The standard InChI is InChI=1S/C13H18FN3O3/c1-3-13(4-2,8-15)16-12(18)10-7-9(17(19)20)5-6-11(10)14/h5-7H,3-4,8,15H2,1-2H3,(H,16,18). The number of hydrogen-bond acceptors (Lipinski definition) is 4. The monoisotopic (exact) mass is 283 g/mol. The molecule has 0 aliphatic carbocycles. The van der Waals surface area contributed by atoms with E-state index in [1.807, 2.05) is 13.8 Å². The first-order valence-electron chi connectivity index (χ1n) is 6.35. The van der Waals surface area contributed by atoms with Gasteiger partial charge in [0.25, 0.3) is 11.6 Å². The summed E-state index contributed by atoms with van der Waals surface area (Å²) in [5.41, 5.74) is 4.34. The first kappa shape index (κ1) is 16.0. The number of halogens is 1. The third kappa shape index (κ3) is 3.30. The summed E-state index contributed by atoms with van der Waals surface area (Å²) in [5, 5.41) is 13.3. The van der Waals surface area contributed by atoms with Crippen molar-refractivity contribution in [2.24, 2.45) is 5.73 Å². The van der Waals surface area contributed by atoms with E-state index < -0.39 is 22.2 Å². The summed E-state index contributed by atoms with van der Waals surface area (Å²) < 4.78 is 13.7. The Bertz CT molecular complexity index is 507. The second kappa shape index (κ2) is 6.42. The Morgan fingerprint density at radius 2 is 2.05 bits per heavy atom. The molecule has 6 nitrogen and oxygen atoms in total. The van der Waals surface area contributed by atoms with Gasteiger partial charge in [-0.25, -0.2) is 4.39 Å². The zero-order valence-electron chi connectivity index (χ0n) is 11.5. The Hall–Kier alpha value is -2.02. The average molecular weight is 283 g/mol. The predicted molar refractivity (Wildman–Crippen MR) is 72.9 cm³/mol. The number of non-ortho nitro benzene ring substituents is 1. The molecule has 20 heavy (non-hydrogen) atoms. The molecule has 0 saturated carbocycles. The number of nitrogens with zero attached hydrogens (tertiary/aromatic N) is 1. The molecule has 1 amide bonds. The largest absolute Gasteiger partial charge is 0.345 e. The van der Waals surface area contributed by atoms with Crippen LogP contribution in [0.4, 0.5) is 10.1 Å². The molecule has 1 aromatic carbocycles. The van der Waals surface area contributed by atoms with Crippen molar-refractivity contribution in [2.45, 2.75) is 32.2 Å². The van der Waals surface area contributed by atoms with Gasteiger partial charge >= 0.3 is 0 Å². The molecule has 0 heterocycles. The second-order valence-electron chi connectivity index (χ2n) is 4.57. The minimum absolute atomic E-state index is 0.211. The molecule has 0 aliphatic rings. The van der Waals surface area contributed by atoms with Gasteiger partial charge in [0.1, 0.15) is 5.82 Å². The Labute approximate surface area is 116 Å². The Morgan fingerprint density at radius 3 is 2.50 bits per heavy atom. The zero-order chi connectivity index (χ0) is 15.3. The van der Waals surface area contributed by atoms with Crippen LogP contribution in [0.3, 0.4) is 0 Å². The van der Waals surface area contributed by atoms with Crippen LogP contribution in [-0.4, -0.2) is 22.9 Å². The van der Waals surface area contributed by atoms with Crippen molar-refractivity contribution in [3.05, 3.63) is 39.7 Å². The summed E-state index contributed by atoms with van der Waals surface area (Å²) in [6.07, 6.45) is 1.17. The summed E-state index contributed by atoms with van der Waals surface area (Å²) in [4.78, 5) is 22.1. The normalized spacial score (nSPS) is 11.2. The summed E-state index contributed by atoms with van der Waals surface area (Å²) in [6, 6.07) is 2.86. The van der Waals surface area contributed by atoms with Gasteiger partial charge in [-0.2, -0.15) is 0 Å². The van der Waals surface area contributed by atoms with E-state index in [1.54, 1.807) is 0 Å². The minimum Gasteiger partial charge on any atom is -0.345 e. The average Bonchev–Trinajstić information content (AvgIpc) is 2.45. The van der Waals surface area contributed by atoms with E-state index in [9.17, 15) is 19.3 Å². The van der Waals surface area contributed by atoms with Crippen molar-refractivity contribution < 1.29 is 14.1 Å². The lowest BCUT2D eigenvalue weighted by Crippen LogP contribution is -2.53. The maximum atomic E-state index is 13.7. The van der Waals surface area contributed by atoms with Gasteiger partial charge < -0.3 is 11.1 Å². The van der Waals surface area contributed by atoms with Gasteiger partial charge in [-0.3, -0.25) is 14.9 Å². The number of carbonyl (C=O) groups is 1. The maximum absolute atomic E-state index is 13.7. The number of nitro benzene ring substituents is 1. The van der Waals surface area contributed by atoms with Crippen LogP contribution < -0.4 is 11.1 Å². The van der Waals surface area contributed by atoms with E-state index in [0.717, 1.165) is 18.2 Å². The van der Waals surface area contributed by atoms with E-state index in [4.69, 9.17) is 5.73 Å². The number of rotatable bonds is 6. The van der Waals surface area contributed by atoms with Crippen LogP contribution >= 0.6 is 0 Å². The molecule has 0 radical (unpaired) electrons. The SMILES string of the molecule is CCC(CC)(CN)NC(=O)c1cc([N+](=O)[O-])ccc1F. The van der Waals surface area contributed by atoms with Crippen molar-refractivity contribution >= 4 is 11.6 Å². The number of nitrogens with one attached hydrogen (secondary N) is 1. The molecule has 0 atom stereocenters. The highest BCUT2D eigenvalue weighted by atomic mass is 19.1. The highest BCUT2D eigenvalue weighted by Crippen LogP contribution is 2.19. The molecule has 3 N–H and O–H groups in total. The lowest BCUT2D eigenvalue weighted by Gasteiger charge is -2.31. The molecule has 0 spiro atoms. The molecule has 0 aromatic heterocycles. The third-order valence-electron chi connectivity index (χ3n) is 3.53. The van der Waals surface area contributed by atoms with Crippen molar-refractivity contribution in [2.75, 3.05) is 6.54 Å². The summed E-state index contributed by atoms with van der Waals surface area (Å²) >= 11 is 0. The fourth-order valence-electron chi connectivity index (χ4n) is 1.88. The van der Waals surface area contributed by atoms with Crippen LogP contribution in [-0.2, 0) is 0 Å². The van der Waals surface area contributed by atoms with E-state index >= 15 is 0 Å². The minimum atomic E-state index is -0.800.